The Morgan fingerprint density at radius 1 is 1.14 bits per heavy atom. The number of methoxy groups -OCH3 is 2. The van der Waals surface area contributed by atoms with Gasteiger partial charge in [-0.15, -0.1) is 0 Å². The first-order valence-corrected chi connectivity index (χ1v) is 10.8. The van der Waals surface area contributed by atoms with Crippen molar-refractivity contribution in [3.63, 3.8) is 0 Å². The highest BCUT2D eigenvalue weighted by molar-refractivity contribution is 9.10. The Morgan fingerprint density at radius 3 is 2.29 bits per heavy atom. The first kappa shape index (κ1) is 20.5. The summed E-state index contributed by atoms with van der Waals surface area (Å²) in [6, 6.07) is 8.04. The minimum absolute atomic E-state index is 0.0204. The number of amides is 1. The molecule has 0 unspecified atom stereocenters. The molecule has 1 atom stereocenters. The van der Waals surface area contributed by atoms with E-state index in [4.69, 9.17) is 9.47 Å². The van der Waals surface area contributed by atoms with Gasteiger partial charge in [0.2, 0.25) is 5.91 Å². The van der Waals surface area contributed by atoms with Gasteiger partial charge in [-0.3, -0.25) is 9.52 Å². The van der Waals surface area contributed by atoms with Crippen molar-refractivity contribution in [1.82, 2.24) is 0 Å². The number of carbonyl (C=O) groups excluding carboxylic acids is 1. The van der Waals surface area contributed by atoms with Crippen molar-refractivity contribution >= 4 is 43.2 Å². The van der Waals surface area contributed by atoms with E-state index in [1.54, 1.807) is 29.2 Å². The molecule has 3 rings (SSSR count). The zero-order chi connectivity index (χ0) is 20.6. The molecule has 9 heteroatoms. The van der Waals surface area contributed by atoms with Gasteiger partial charge in [-0.25, -0.2) is 8.42 Å². The standard InChI is InChI=1S/C19H21BrN2O5S/c1-11-5-13-6-17(20)19(10-18(13)22(11)12(2)23)28(24,25)21-14-7-15(26-3)9-16(8-14)27-4/h6-11,21H,5H2,1-4H3/t11-/m0/s1. The highest BCUT2D eigenvalue weighted by atomic mass is 79.9. The first-order valence-electron chi connectivity index (χ1n) is 8.54. The second kappa shape index (κ2) is 7.63. The van der Waals surface area contributed by atoms with E-state index < -0.39 is 10.0 Å². The summed E-state index contributed by atoms with van der Waals surface area (Å²) in [6.45, 7) is 3.41. The third-order valence-corrected chi connectivity index (χ3v) is 6.92. The second-order valence-electron chi connectivity index (χ2n) is 6.56. The number of benzene rings is 2. The molecule has 7 nitrogen and oxygen atoms in total. The summed E-state index contributed by atoms with van der Waals surface area (Å²) < 4.78 is 39.5. The molecule has 28 heavy (non-hydrogen) atoms. The third kappa shape index (κ3) is 3.81. The van der Waals surface area contributed by atoms with Crippen LogP contribution in [0.3, 0.4) is 0 Å². The van der Waals surface area contributed by atoms with Crippen LogP contribution in [0.4, 0.5) is 11.4 Å². The van der Waals surface area contributed by atoms with Crippen LogP contribution < -0.4 is 19.1 Å². The number of hydrogen-bond acceptors (Lipinski definition) is 5. The maximum atomic E-state index is 13.1. The van der Waals surface area contributed by atoms with E-state index >= 15 is 0 Å². The normalized spacial score (nSPS) is 15.9. The van der Waals surface area contributed by atoms with E-state index in [9.17, 15) is 13.2 Å². The minimum atomic E-state index is -3.93. The van der Waals surface area contributed by atoms with Gasteiger partial charge in [0.15, 0.2) is 0 Å². The molecule has 0 spiro atoms. The molecule has 0 saturated carbocycles. The Labute approximate surface area is 172 Å². The van der Waals surface area contributed by atoms with Crippen molar-refractivity contribution < 1.29 is 22.7 Å². The van der Waals surface area contributed by atoms with E-state index in [2.05, 4.69) is 20.7 Å². The van der Waals surface area contributed by atoms with Gasteiger partial charge in [0, 0.05) is 41.3 Å². The van der Waals surface area contributed by atoms with Gasteiger partial charge in [-0.1, -0.05) is 0 Å². The molecule has 0 aliphatic carbocycles. The van der Waals surface area contributed by atoms with E-state index in [0.717, 1.165) is 5.56 Å². The van der Waals surface area contributed by atoms with Crippen molar-refractivity contribution in [3.05, 3.63) is 40.4 Å². The molecule has 0 saturated heterocycles. The van der Waals surface area contributed by atoms with Gasteiger partial charge >= 0.3 is 0 Å². The predicted octanol–water partition coefficient (Wildman–Crippen LogP) is 3.56. The molecular weight excluding hydrogens is 448 g/mol. The van der Waals surface area contributed by atoms with Crippen LogP contribution in [0, 0.1) is 0 Å². The summed E-state index contributed by atoms with van der Waals surface area (Å²) >= 11 is 3.36. The average Bonchev–Trinajstić information content (AvgIpc) is 2.94. The number of carbonyl (C=O) groups is 1. The molecule has 0 radical (unpaired) electrons. The van der Waals surface area contributed by atoms with Gasteiger partial charge in [-0.2, -0.15) is 0 Å². The number of nitrogens with zero attached hydrogens (tertiary/aromatic N) is 1. The number of anilines is 2. The van der Waals surface area contributed by atoms with Crippen molar-refractivity contribution in [1.29, 1.82) is 0 Å². The van der Waals surface area contributed by atoms with Crippen LogP contribution in [-0.2, 0) is 21.2 Å². The quantitative estimate of drug-likeness (QED) is 0.724. The molecule has 1 aliphatic rings. The van der Waals surface area contributed by atoms with Crippen LogP contribution in [0.25, 0.3) is 0 Å². The van der Waals surface area contributed by atoms with E-state index in [-0.39, 0.29) is 16.8 Å². The number of nitrogens with one attached hydrogen (secondary N) is 1. The molecule has 2 aromatic rings. The van der Waals surface area contributed by atoms with Gasteiger partial charge in [0.1, 0.15) is 16.4 Å². The molecule has 1 heterocycles. The van der Waals surface area contributed by atoms with Crippen LogP contribution in [0.2, 0.25) is 0 Å². The van der Waals surface area contributed by atoms with Gasteiger partial charge in [0.05, 0.1) is 19.9 Å². The highest BCUT2D eigenvalue weighted by Crippen LogP contribution is 2.38. The average molecular weight is 469 g/mol. The number of hydrogen-bond donors (Lipinski definition) is 1. The lowest BCUT2D eigenvalue weighted by molar-refractivity contribution is -0.116. The molecule has 0 fully saturated rings. The molecule has 0 bridgehead atoms. The summed E-state index contributed by atoms with van der Waals surface area (Å²) in [6.07, 6.45) is 0.675. The largest absolute Gasteiger partial charge is 0.497 e. The lowest BCUT2D eigenvalue weighted by Gasteiger charge is -2.21. The van der Waals surface area contributed by atoms with E-state index in [0.29, 0.717) is 33.8 Å². The Hall–Kier alpha value is -2.26. The van der Waals surface area contributed by atoms with Gasteiger partial charge in [0.25, 0.3) is 10.0 Å². The van der Waals surface area contributed by atoms with Gasteiger partial charge in [-0.05, 0) is 47.0 Å². The molecule has 1 amide bonds. The van der Waals surface area contributed by atoms with Crippen LogP contribution in [0.15, 0.2) is 39.7 Å². The minimum Gasteiger partial charge on any atom is -0.497 e. The monoisotopic (exact) mass is 468 g/mol. The van der Waals surface area contributed by atoms with Crippen molar-refractivity contribution in [2.45, 2.75) is 31.2 Å². The summed E-state index contributed by atoms with van der Waals surface area (Å²) in [5.41, 5.74) is 1.85. The van der Waals surface area contributed by atoms with Gasteiger partial charge < -0.3 is 14.4 Å². The number of halogens is 1. The van der Waals surface area contributed by atoms with Crippen LogP contribution >= 0.6 is 15.9 Å². The molecule has 0 aromatic heterocycles. The Morgan fingerprint density at radius 2 is 1.75 bits per heavy atom. The molecule has 1 aliphatic heterocycles. The number of sulfonamides is 1. The Kier molecular flexibility index (Phi) is 5.58. The smallest absolute Gasteiger partial charge is 0.263 e. The lowest BCUT2D eigenvalue weighted by Crippen LogP contribution is -2.33. The lowest BCUT2D eigenvalue weighted by atomic mass is 10.1. The Bertz CT molecular complexity index is 1020. The SMILES string of the molecule is COc1cc(NS(=O)(=O)c2cc3c(cc2Br)C[C@H](C)N3C(C)=O)cc(OC)c1. The summed E-state index contributed by atoms with van der Waals surface area (Å²) in [5.74, 6) is 0.797. The van der Waals surface area contributed by atoms with Crippen molar-refractivity contribution in [2.24, 2.45) is 0 Å². The van der Waals surface area contributed by atoms with Crippen LogP contribution in [0.5, 0.6) is 11.5 Å². The van der Waals surface area contributed by atoms with Crippen molar-refractivity contribution in [2.75, 3.05) is 23.8 Å². The first-order chi connectivity index (χ1) is 13.2. The molecule has 2 aromatic carbocycles. The predicted molar refractivity (Wildman–Crippen MR) is 111 cm³/mol. The maximum Gasteiger partial charge on any atom is 0.263 e. The summed E-state index contributed by atoms with van der Waals surface area (Å²) in [5, 5.41) is 0. The number of fused-ring (bicyclic) bond motifs is 1. The fraction of sp³-hybridized carbons (Fsp3) is 0.316. The highest BCUT2D eigenvalue weighted by Gasteiger charge is 2.32. The zero-order valence-corrected chi connectivity index (χ0v) is 18.3. The summed E-state index contributed by atoms with van der Waals surface area (Å²) in [7, 11) is -0.953. The third-order valence-electron chi connectivity index (χ3n) is 4.58. The van der Waals surface area contributed by atoms with E-state index in [1.807, 2.05) is 6.92 Å². The molecule has 1 N–H and O–H groups in total. The zero-order valence-electron chi connectivity index (χ0n) is 15.9. The fourth-order valence-electron chi connectivity index (χ4n) is 3.38. The van der Waals surface area contributed by atoms with Crippen LogP contribution in [0.1, 0.15) is 19.4 Å². The van der Waals surface area contributed by atoms with E-state index in [1.165, 1.54) is 27.2 Å². The maximum absolute atomic E-state index is 13.1. The topological polar surface area (TPSA) is 84.9 Å². The number of rotatable bonds is 5. The Balaban J connectivity index is 2.03. The summed E-state index contributed by atoms with van der Waals surface area (Å²) in [4.78, 5) is 13.7. The van der Waals surface area contributed by atoms with Crippen molar-refractivity contribution in [3.8, 4) is 11.5 Å². The number of ether oxygens (including phenoxy) is 2. The fourth-order valence-corrected chi connectivity index (χ4v) is 5.53. The second-order valence-corrected chi connectivity index (χ2v) is 9.07. The van der Waals surface area contributed by atoms with Crippen LogP contribution in [-0.4, -0.2) is 34.6 Å². The molecule has 150 valence electrons. The molecular formula is C19H21BrN2O5S.